The van der Waals surface area contributed by atoms with Crippen LogP contribution in [0.2, 0.25) is 0 Å². The molecule has 0 saturated heterocycles. The first kappa shape index (κ1) is 38.2. The Morgan fingerprint density at radius 3 is 1.31 bits per heavy atom. The second-order valence-electron chi connectivity index (χ2n) is 17.0. The van der Waals surface area contributed by atoms with Crippen LogP contribution in [0.5, 0.6) is 11.5 Å². The first-order valence-electron chi connectivity index (χ1n) is 17.5. The van der Waals surface area contributed by atoms with Crippen molar-refractivity contribution in [2.75, 3.05) is 27.4 Å². The topological polar surface area (TPSA) is 103 Å². The van der Waals surface area contributed by atoms with Gasteiger partial charge in [-0.2, -0.15) is 0 Å². The van der Waals surface area contributed by atoms with Gasteiger partial charge in [-0.1, -0.05) is 67.5 Å². The Hall–Kier alpha value is -3.62. The van der Waals surface area contributed by atoms with E-state index >= 15 is 0 Å². The molecule has 0 atom stereocenters. The summed E-state index contributed by atoms with van der Waals surface area (Å²) in [6.07, 6.45) is 8.65. The van der Waals surface area contributed by atoms with E-state index in [1.807, 2.05) is 48.8 Å². The molecule has 0 radical (unpaired) electrons. The molecule has 0 amide bonds. The summed E-state index contributed by atoms with van der Waals surface area (Å²) in [6, 6.07) is 11.5. The average Bonchev–Trinajstić information content (AvgIpc) is 3.57. The zero-order valence-corrected chi connectivity index (χ0v) is 31.4. The van der Waals surface area contributed by atoms with Crippen LogP contribution in [0.1, 0.15) is 98.6 Å². The Balaban J connectivity index is 1.34. The van der Waals surface area contributed by atoms with E-state index in [1.54, 1.807) is 14.2 Å². The molecule has 0 aliphatic carbocycles. The van der Waals surface area contributed by atoms with Crippen LogP contribution in [0.3, 0.4) is 0 Å². The number of benzene rings is 2. The summed E-state index contributed by atoms with van der Waals surface area (Å²) >= 11 is 0. The largest absolute Gasteiger partial charge is 0.426 e. The molecule has 2 heterocycles. The van der Waals surface area contributed by atoms with Gasteiger partial charge in [0.25, 0.3) is 0 Å². The van der Waals surface area contributed by atoms with Crippen molar-refractivity contribution in [1.82, 2.24) is 9.97 Å². The van der Waals surface area contributed by atoms with Crippen molar-refractivity contribution in [3.05, 3.63) is 59.9 Å². The summed E-state index contributed by atoms with van der Waals surface area (Å²) in [4.78, 5) is 33.2. The highest BCUT2D eigenvalue weighted by atomic mass is 16.5. The fourth-order valence-electron chi connectivity index (χ4n) is 8.66. The summed E-state index contributed by atoms with van der Waals surface area (Å²) in [5.74, 6) is 0.714. The van der Waals surface area contributed by atoms with Gasteiger partial charge in [0.1, 0.15) is 11.5 Å². The van der Waals surface area contributed by atoms with Crippen LogP contribution in [0.25, 0.3) is 21.8 Å². The molecule has 268 valence electrons. The van der Waals surface area contributed by atoms with Gasteiger partial charge in [0, 0.05) is 48.4 Å². The van der Waals surface area contributed by atoms with Crippen molar-refractivity contribution >= 4 is 33.7 Å². The van der Waals surface area contributed by atoms with Crippen molar-refractivity contribution < 1.29 is 28.5 Å². The molecular formula is C41H58N2O6. The Kier molecular flexibility index (Phi) is 12.1. The van der Waals surface area contributed by atoms with E-state index in [0.29, 0.717) is 37.6 Å². The number of carbonyl (C=O) groups excluding carboxylic acids is 2. The van der Waals surface area contributed by atoms with E-state index in [0.717, 1.165) is 65.0 Å². The third-order valence-electron chi connectivity index (χ3n) is 9.21. The van der Waals surface area contributed by atoms with Gasteiger partial charge in [-0.25, -0.2) is 0 Å². The number of carbonyl (C=O) groups is 2. The third-order valence-corrected chi connectivity index (χ3v) is 9.21. The number of rotatable bonds is 18. The van der Waals surface area contributed by atoms with Gasteiger partial charge in [-0.15, -0.1) is 0 Å². The molecule has 2 aromatic carbocycles. The summed E-state index contributed by atoms with van der Waals surface area (Å²) in [6.45, 7) is 18.9. The smallest absolute Gasteiger partial charge is 0.311 e. The Morgan fingerprint density at radius 1 is 0.571 bits per heavy atom. The number of methoxy groups -OCH3 is 2. The van der Waals surface area contributed by atoms with Crippen molar-refractivity contribution in [3.63, 3.8) is 0 Å². The molecule has 0 saturated carbocycles. The van der Waals surface area contributed by atoms with E-state index in [2.05, 4.69) is 65.4 Å². The number of hydrogen-bond acceptors (Lipinski definition) is 6. The lowest BCUT2D eigenvalue weighted by atomic mass is 9.63. The summed E-state index contributed by atoms with van der Waals surface area (Å²) in [5.41, 5.74) is 3.37. The summed E-state index contributed by atoms with van der Waals surface area (Å²) in [7, 11) is 3.37. The molecule has 0 aliphatic rings. The fraction of sp³-hybridized carbons (Fsp3) is 0.561. The number of ether oxygens (including phenoxy) is 4. The van der Waals surface area contributed by atoms with Gasteiger partial charge in [-0.3, -0.25) is 9.59 Å². The van der Waals surface area contributed by atoms with Crippen LogP contribution < -0.4 is 9.47 Å². The second-order valence-corrected chi connectivity index (χ2v) is 17.0. The maximum atomic E-state index is 13.3. The molecule has 2 aromatic heterocycles. The lowest BCUT2D eigenvalue weighted by molar-refractivity contribution is -0.137. The highest BCUT2D eigenvalue weighted by Crippen LogP contribution is 2.48. The van der Waals surface area contributed by atoms with Gasteiger partial charge in [0.05, 0.1) is 26.1 Å². The monoisotopic (exact) mass is 674 g/mol. The predicted octanol–water partition coefficient (Wildman–Crippen LogP) is 9.59. The molecule has 0 aliphatic heterocycles. The number of hydrogen-bond donors (Lipinski definition) is 2. The zero-order chi connectivity index (χ0) is 36.0. The SMILES string of the molecule is COCCc1c[nH]c2cccc(OC(=O)CC(C)(C)CC(C)(C)CC(C)(C)CC(C)(C)CC(=O)Oc3cccc4[nH]cc(CCOC)c34)c12. The molecule has 0 bridgehead atoms. The second kappa shape index (κ2) is 15.5. The van der Waals surface area contributed by atoms with Crippen molar-refractivity contribution in [1.29, 1.82) is 0 Å². The van der Waals surface area contributed by atoms with Crippen LogP contribution in [0.4, 0.5) is 0 Å². The van der Waals surface area contributed by atoms with Gasteiger partial charge in [0.2, 0.25) is 0 Å². The highest BCUT2D eigenvalue weighted by molar-refractivity contribution is 5.92. The Bertz CT molecular complexity index is 1600. The van der Waals surface area contributed by atoms with E-state index < -0.39 is 0 Å². The number of esters is 2. The van der Waals surface area contributed by atoms with E-state index in [-0.39, 0.29) is 33.6 Å². The zero-order valence-electron chi connectivity index (χ0n) is 31.4. The van der Waals surface area contributed by atoms with Crippen LogP contribution in [-0.4, -0.2) is 49.3 Å². The van der Waals surface area contributed by atoms with Gasteiger partial charge < -0.3 is 28.9 Å². The minimum absolute atomic E-state index is 0.0552. The Morgan fingerprint density at radius 2 is 0.939 bits per heavy atom. The number of fused-ring (bicyclic) bond motifs is 2. The van der Waals surface area contributed by atoms with E-state index in [9.17, 15) is 9.59 Å². The van der Waals surface area contributed by atoms with Crippen LogP contribution >= 0.6 is 0 Å². The minimum atomic E-state index is -0.276. The third kappa shape index (κ3) is 10.7. The summed E-state index contributed by atoms with van der Waals surface area (Å²) < 4.78 is 22.5. The first-order valence-corrected chi connectivity index (χ1v) is 17.5. The lowest BCUT2D eigenvalue weighted by Crippen LogP contribution is -2.33. The maximum absolute atomic E-state index is 13.3. The Labute approximate surface area is 292 Å². The molecule has 0 unspecified atom stereocenters. The van der Waals surface area contributed by atoms with Gasteiger partial charge >= 0.3 is 11.9 Å². The fourth-order valence-corrected chi connectivity index (χ4v) is 8.66. The number of aromatic amines is 2. The molecule has 8 heteroatoms. The lowest BCUT2D eigenvalue weighted by Gasteiger charge is -2.42. The van der Waals surface area contributed by atoms with Crippen molar-refractivity contribution in [3.8, 4) is 11.5 Å². The minimum Gasteiger partial charge on any atom is -0.426 e. The molecule has 0 fully saturated rings. The molecule has 49 heavy (non-hydrogen) atoms. The first-order chi connectivity index (χ1) is 22.9. The maximum Gasteiger partial charge on any atom is 0.311 e. The molecule has 2 N–H and O–H groups in total. The van der Waals surface area contributed by atoms with Crippen molar-refractivity contribution in [2.45, 2.75) is 100 Å². The van der Waals surface area contributed by atoms with Crippen LogP contribution in [-0.2, 0) is 31.9 Å². The standard InChI is InChI=1S/C41H58N2O6/c1-38(2,21-34(44)48-32-15-11-13-30-36(32)28(23-42-30)17-19-46-9)25-40(5,6)27-41(7,8)26-39(3,4)22-35(45)49-33-16-12-14-31-37(33)29(24-43-31)18-20-47-10/h11-16,23-24,42-43H,17-22,25-27H2,1-10H3. The molecule has 4 aromatic rings. The average molecular weight is 675 g/mol. The molecular weight excluding hydrogens is 616 g/mol. The number of H-pyrrole nitrogens is 2. The predicted molar refractivity (Wildman–Crippen MR) is 197 cm³/mol. The summed E-state index contributed by atoms with van der Waals surface area (Å²) in [5, 5.41) is 1.88. The molecule has 8 nitrogen and oxygen atoms in total. The van der Waals surface area contributed by atoms with Gasteiger partial charge in [0.15, 0.2) is 0 Å². The molecule has 0 spiro atoms. The van der Waals surface area contributed by atoms with Gasteiger partial charge in [-0.05, 0) is 89.2 Å². The van der Waals surface area contributed by atoms with E-state index in [4.69, 9.17) is 18.9 Å². The van der Waals surface area contributed by atoms with Crippen molar-refractivity contribution in [2.24, 2.45) is 21.7 Å². The number of aromatic nitrogens is 2. The van der Waals surface area contributed by atoms with Crippen LogP contribution in [0, 0.1) is 21.7 Å². The molecule has 4 rings (SSSR count). The van der Waals surface area contributed by atoms with E-state index in [1.165, 1.54) is 0 Å². The van der Waals surface area contributed by atoms with Crippen LogP contribution in [0.15, 0.2) is 48.8 Å². The highest BCUT2D eigenvalue weighted by Gasteiger charge is 2.38. The number of nitrogens with one attached hydrogen (secondary N) is 2. The normalized spacial score (nSPS) is 12.9. The quantitative estimate of drug-likeness (QED) is 0.0805.